The minimum atomic E-state index is -0.860. The smallest absolute Gasteiger partial charge is 0.328 e. The van der Waals surface area contributed by atoms with Gasteiger partial charge in [0.15, 0.2) is 0 Å². The van der Waals surface area contributed by atoms with Crippen LogP contribution >= 0.6 is 0 Å². The molecule has 0 spiro atoms. The average molecular weight is 358 g/mol. The highest BCUT2D eigenvalue weighted by molar-refractivity contribution is 5.97. The first-order valence-electron chi connectivity index (χ1n) is 8.24. The maximum absolute atomic E-state index is 12.3. The fourth-order valence-corrected chi connectivity index (χ4v) is 2.31. The number of hydrogen-bond donors (Lipinski definition) is 2. The number of carbonyl (C=O) groups is 3. The van der Waals surface area contributed by atoms with E-state index in [4.69, 9.17) is 0 Å². The Labute approximate surface area is 151 Å². The molecule has 138 valence electrons. The van der Waals surface area contributed by atoms with Crippen molar-refractivity contribution in [2.45, 2.75) is 32.9 Å². The van der Waals surface area contributed by atoms with Crippen LogP contribution in [0.3, 0.4) is 0 Å². The van der Waals surface area contributed by atoms with Gasteiger partial charge in [-0.15, -0.1) is 0 Å². The Balaban J connectivity index is 2.04. The molecule has 2 N–H and O–H groups in total. The molecule has 0 radical (unpaired) electrons. The maximum Gasteiger partial charge on any atom is 0.328 e. The van der Waals surface area contributed by atoms with E-state index in [1.165, 1.54) is 20.2 Å². The Kier molecular flexibility index (Phi) is 6.21. The lowest BCUT2D eigenvalue weighted by Crippen LogP contribution is -2.52. The Morgan fingerprint density at radius 2 is 1.69 bits per heavy atom. The van der Waals surface area contributed by atoms with E-state index in [0.29, 0.717) is 11.0 Å². The number of aromatic nitrogens is 2. The molecule has 2 atom stereocenters. The molecule has 1 heterocycles. The van der Waals surface area contributed by atoms with Gasteiger partial charge in [0.25, 0.3) is 5.91 Å². The molecule has 0 aliphatic heterocycles. The van der Waals surface area contributed by atoms with Crippen molar-refractivity contribution in [2.24, 2.45) is 5.92 Å². The highest BCUT2D eigenvalue weighted by Gasteiger charge is 2.27. The summed E-state index contributed by atoms with van der Waals surface area (Å²) in [7, 11) is 1.26. The Morgan fingerprint density at radius 3 is 2.31 bits per heavy atom. The van der Waals surface area contributed by atoms with Crippen molar-refractivity contribution in [3.8, 4) is 0 Å². The second-order valence-electron chi connectivity index (χ2n) is 6.19. The van der Waals surface area contributed by atoms with Crippen LogP contribution in [0.15, 0.2) is 30.5 Å². The third-order valence-corrected chi connectivity index (χ3v) is 3.84. The summed E-state index contributed by atoms with van der Waals surface area (Å²) in [4.78, 5) is 44.8. The van der Waals surface area contributed by atoms with Gasteiger partial charge in [-0.3, -0.25) is 14.6 Å². The van der Waals surface area contributed by atoms with Gasteiger partial charge in [0.1, 0.15) is 17.8 Å². The van der Waals surface area contributed by atoms with E-state index < -0.39 is 29.9 Å². The number of para-hydroxylation sites is 2. The summed E-state index contributed by atoms with van der Waals surface area (Å²) in [6.45, 7) is 5.10. The summed E-state index contributed by atoms with van der Waals surface area (Å²) in [6, 6.07) is 5.52. The van der Waals surface area contributed by atoms with Gasteiger partial charge in [-0.05, 0) is 25.0 Å². The van der Waals surface area contributed by atoms with Crippen LogP contribution in [-0.4, -0.2) is 46.9 Å². The van der Waals surface area contributed by atoms with Crippen molar-refractivity contribution in [2.75, 3.05) is 7.11 Å². The number of carbonyl (C=O) groups excluding carboxylic acids is 3. The number of methoxy groups -OCH3 is 1. The van der Waals surface area contributed by atoms with Crippen LogP contribution in [0.5, 0.6) is 0 Å². The van der Waals surface area contributed by atoms with Crippen LogP contribution in [0.25, 0.3) is 11.0 Å². The van der Waals surface area contributed by atoms with Crippen LogP contribution in [-0.2, 0) is 14.3 Å². The van der Waals surface area contributed by atoms with E-state index >= 15 is 0 Å². The van der Waals surface area contributed by atoms with Crippen LogP contribution in [0, 0.1) is 5.92 Å². The second-order valence-corrected chi connectivity index (χ2v) is 6.19. The molecule has 2 amide bonds. The minimum absolute atomic E-state index is 0.108. The third kappa shape index (κ3) is 4.53. The SMILES string of the molecule is COC(=O)[C@@H](NC(=O)[C@@H](C)NC(=O)c1cnc2ccccc2n1)C(C)C. The molecule has 8 heteroatoms. The molecule has 0 fully saturated rings. The van der Waals surface area contributed by atoms with E-state index in [1.54, 1.807) is 32.0 Å². The number of hydrogen-bond acceptors (Lipinski definition) is 6. The summed E-state index contributed by atoms with van der Waals surface area (Å²) in [5, 5.41) is 5.15. The van der Waals surface area contributed by atoms with Gasteiger partial charge in [0.2, 0.25) is 5.91 Å². The fourth-order valence-electron chi connectivity index (χ4n) is 2.31. The first-order valence-corrected chi connectivity index (χ1v) is 8.24. The molecule has 2 aromatic rings. The second kappa shape index (κ2) is 8.37. The standard InChI is InChI=1S/C18H22N4O4/c1-10(2)15(18(25)26-4)22-16(23)11(3)20-17(24)14-9-19-12-7-5-6-8-13(12)21-14/h5-11,15H,1-4H3,(H,20,24)(H,22,23)/t11-,15+/m1/s1. The van der Waals surface area contributed by atoms with Crippen molar-refractivity contribution in [1.29, 1.82) is 0 Å². The molecular formula is C18H22N4O4. The molecular weight excluding hydrogens is 336 g/mol. The van der Waals surface area contributed by atoms with Gasteiger partial charge in [0, 0.05) is 0 Å². The van der Waals surface area contributed by atoms with E-state index in [0.717, 1.165) is 0 Å². The Morgan fingerprint density at radius 1 is 1.04 bits per heavy atom. The van der Waals surface area contributed by atoms with Crippen LogP contribution in [0.1, 0.15) is 31.3 Å². The number of ether oxygens (including phenoxy) is 1. The van der Waals surface area contributed by atoms with Gasteiger partial charge >= 0.3 is 5.97 Å². The van der Waals surface area contributed by atoms with Gasteiger partial charge < -0.3 is 15.4 Å². The van der Waals surface area contributed by atoms with Crippen molar-refractivity contribution in [3.63, 3.8) is 0 Å². The average Bonchev–Trinajstić information content (AvgIpc) is 2.64. The summed E-state index contributed by atoms with van der Waals surface area (Å²) in [5.74, 6) is -1.70. The van der Waals surface area contributed by atoms with Gasteiger partial charge in [0.05, 0.1) is 24.3 Å². The Bertz CT molecular complexity index is 822. The van der Waals surface area contributed by atoms with E-state index in [1.807, 2.05) is 6.07 Å². The molecule has 0 unspecified atom stereocenters. The van der Waals surface area contributed by atoms with Gasteiger partial charge in [-0.1, -0.05) is 26.0 Å². The maximum atomic E-state index is 12.3. The number of rotatable bonds is 6. The minimum Gasteiger partial charge on any atom is -0.467 e. The fraction of sp³-hybridized carbons (Fsp3) is 0.389. The molecule has 0 aliphatic rings. The van der Waals surface area contributed by atoms with Crippen molar-refractivity contribution in [1.82, 2.24) is 20.6 Å². The van der Waals surface area contributed by atoms with Crippen molar-refractivity contribution >= 4 is 28.8 Å². The molecule has 0 aliphatic carbocycles. The zero-order valence-electron chi connectivity index (χ0n) is 15.1. The lowest BCUT2D eigenvalue weighted by Gasteiger charge is -2.22. The molecule has 2 rings (SSSR count). The van der Waals surface area contributed by atoms with Gasteiger partial charge in [-0.25, -0.2) is 9.78 Å². The van der Waals surface area contributed by atoms with E-state index in [-0.39, 0.29) is 11.6 Å². The van der Waals surface area contributed by atoms with Crippen LogP contribution in [0.2, 0.25) is 0 Å². The van der Waals surface area contributed by atoms with Gasteiger partial charge in [-0.2, -0.15) is 0 Å². The van der Waals surface area contributed by atoms with Crippen LogP contribution < -0.4 is 10.6 Å². The highest BCUT2D eigenvalue weighted by atomic mass is 16.5. The normalized spacial score (nSPS) is 13.1. The summed E-state index contributed by atoms with van der Waals surface area (Å²) < 4.78 is 4.69. The predicted octanol–water partition coefficient (Wildman–Crippen LogP) is 1.06. The summed E-state index contributed by atoms with van der Waals surface area (Å²) >= 11 is 0. The predicted molar refractivity (Wildman–Crippen MR) is 95.3 cm³/mol. The zero-order valence-corrected chi connectivity index (χ0v) is 15.1. The van der Waals surface area contributed by atoms with E-state index in [9.17, 15) is 14.4 Å². The van der Waals surface area contributed by atoms with Crippen LogP contribution in [0.4, 0.5) is 0 Å². The summed E-state index contributed by atoms with van der Waals surface area (Å²) in [5.41, 5.74) is 1.37. The lowest BCUT2D eigenvalue weighted by atomic mass is 10.0. The first kappa shape index (κ1) is 19.3. The molecule has 0 bridgehead atoms. The monoisotopic (exact) mass is 358 g/mol. The summed E-state index contributed by atoms with van der Waals surface area (Å²) in [6.07, 6.45) is 1.35. The number of nitrogens with one attached hydrogen (secondary N) is 2. The largest absolute Gasteiger partial charge is 0.467 e. The van der Waals surface area contributed by atoms with Crippen molar-refractivity contribution in [3.05, 3.63) is 36.2 Å². The molecule has 1 aromatic heterocycles. The number of fused-ring (bicyclic) bond motifs is 1. The molecule has 8 nitrogen and oxygen atoms in total. The Hall–Kier alpha value is -3.03. The topological polar surface area (TPSA) is 110 Å². The first-order chi connectivity index (χ1) is 12.3. The number of benzene rings is 1. The third-order valence-electron chi connectivity index (χ3n) is 3.84. The zero-order chi connectivity index (χ0) is 19.3. The van der Waals surface area contributed by atoms with Crippen molar-refractivity contribution < 1.29 is 19.1 Å². The van der Waals surface area contributed by atoms with E-state index in [2.05, 4.69) is 25.3 Å². The number of nitrogens with zero attached hydrogens (tertiary/aromatic N) is 2. The molecule has 1 aromatic carbocycles. The molecule has 0 saturated heterocycles. The number of esters is 1. The quantitative estimate of drug-likeness (QED) is 0.747. The highest BCUT2D eigenvalue weighted by Crippen LogP contribution is 2.09. The lowest BCUT2D eigenvalue weighted by molar-refractivity contribution is -0.146. The molecule has 26 heavy (non-hydrogen) atoms. The number of amides is 2. The molecule has 0 saturated carbocycles.